The van der Waals surface area contributed by atoms with Crippen molar-refractivity contribution < 1.29 is 0 Å². The monoisotopic (exact) mass is 251 g/mol. The zero-order valence-corrected chi connectivity index (χ0v) is 9.00. The molecule has 0 saturated carbocycles. The lowest BCUT2D eigenvalue weighted by atomic mass is 10.3. The highest BCUT2D eigenvalue weighted by atomic mass is 127. The first-order valence-electron chi connectivity index (χ1n) is 3.26. The molecule has 0 atom stereocenters. The Balaban J connectivity index is 0. The van der Waals surface area contributed by atoms with Gasteiger partial charge < -0.3 is 0 Å². The summed E-state index contributed by atoms with van der Waals surface area (Å²) in [4.78, 5) is 3.88. The minimum atomic E-state index is 0. The summed E-state index contributed by atoms with van der Waals surface area (Å²) in [5, 5.41) is 0. The molecule has 1 rings (SSSR count). The molecule has 0 radical (unpaired) electrons. The van der Waals surface area contributed by atoms with Crippen molar-refractivity contribution in [1.29, 1.82) is 0 Å². The van der Waals surface area contributed by atoms with Crippen LogP contribution in [0.1, 0.15) is 19.4 Å². The van der Waals surface area contributed by atoms with Gasteiger partial charge in [0, 0.05) is 12.4 Å². The van der Waals surface area contributed by atoms with E-state index in [1.807, 2.05) is 39.1 Å². The van der Waals surface area contributed by atoms with Crippen molar-refractivity contribution in [3.05, 3.63) is 30.1 Å². The number of halogens is 1. The molecule has 0 aromatic carbocycles. The van der Waals surface area contributed by atoms with E-state index < -0.39 is 0 Å². The van der Waals surface area contributed by atoms with E-state index in [4.69, 9.17) is 0 Å². The fourth-order valence-electron chi connectivity index (χ4n) is 0.448. The Kier molecular flexibility index (Phi) is 11.1. The molecule has 1 nitrogen and oxygen atoms in total. The molecule has 0 amide bonds. The standard InChI is InChI=1S/C6H7N.C2H6.HI/c1-6-3-2-4-7-5-6;1-2;/h2-5H,1H3;1-2H3;1H. The van der Waals surface area contributed by atoms with Crippen LogP contribution >= 0.6 is 24.0 Å². The second-order valence-corrected chi connectivity index (χ2v) is 1.53. The van der Waals surface area contributed by atoms with Gasteiger partial charge in [-0.05, 0) is 18.6 Å². The van der Waals surface area contributed by atoms with Crippen molar-refractivity contribution in [2.45, 2.75) is 20.8 Å². The first kappa shape index (κ1) is 12.5. The molecule has 1 heterocycles. The summed E-state index contributed by atoms with van der Waals surface area (Å²) in [5.41, 5.74) is 1.21. The van der Waals surface area contributed by atoms with Crippen molar-refractivity contribution in [3.63, 3.8) is 0 Å². The Morgan fingerprint density at radius 3 is 2.10 bits per heavy atom. The predicted molar refractivity (Wildman–Crippen MR) is 55.7 cm³/mol. The van der Waals surface area contributed by atoms with E-state index >= 15 is 0 Å². The summed E-state index contributed by atoms with van der Waals surface area (Å²) in [7, 11) is 0. The van der Waals surface area contributed by atoms with E-state index in [2.05, 4.69) is 4.98 Å². The summed E-state index contributed by atoms with van der Waals surface area (Å²) in [6.45, 7) is 6.02. The van der Waals surface area contributed by atoms with E-state index in [0.717, 1.165) is 0 Å². The average Bonchev–Trinajstić information content (AvgIpc) is 1.94. The Morgan fingerprint density at radius 1 is 1.30 bits per heavy atom. The van der Waals surface area contributed by atoms with Crippen LogP contribution in [0.2, 0.25) is 0 Å². The zero-order valence-electron chi connectivity index (χ0n) is 6.66. The molecule has 1 aromatic rings. The lowest BCUT2D eigenvalue weighted by molar-refractivity contribution is 1.27. The second kappa shape index (κ2) is 8.88. The molecule has 0 spiro atoms. The highest BCUT2D eigenvalue weighted by Crippen LogP contribution is 1.88. The van der Waals surface area contributed by atoms with E-state index in [-0.39, 0.29) is 24.0 Å². The molecule has 0 aliphatic carbocycles. The normalized spacial score (nSPS) is 6.70. The lowest BCUT2D eigenvalue weighted by Crippen LogP contribution is -1.69. The van der Waals surface area contributed by atoms with E-state index in [0.29, 0.717) is 0 Å². The Bertz CT molecular complexity index is 139. The van der Waals surface area contributed by atoms with E-state index in [1.54, 1.807) is 6.20 Å². The molecule has 0 bridgehead atoms. The quantitative estimate of drug-likeness (QED) is 0.646. The van der Waals surface area contributed by atoms with Crippen LogP contribution in [0.5, 0.6) is 0 Å². The van der Waals surface area contributed by atoms with E-state index in [9.17, 15) is 0 Å². The third-order valence-corrected chi connectivity index (χ3v) is 0.809. The van der Waals surface area contributed by atoms with Crippen molar-refractivity contribution in [2.24, 2.45) is 0 Å². The van der Waals surface area contributed by atoms with Crippen LogP contribution in [0, 0.1) is 6.92 Å². The Morgan fingerprint density at radius 2 is 1.90 bits per heavy atom. The minimum Gasteiger partial charge on any atom is -0.264 e. The van der Waals surface area contributed by atoms with Gasteiger partial charge in [-0.1, -0.05) is 19.9 Å². The Labute approximate surface area is 79.9 Å². The van der Waals surface area contributed by atoms with Gasteiger partial charge in [0.1, 0.15) is 0 Å². The summed E-state index contributed by atoms with van der Waals surface area (Å²) in [6, 6.07) is 3.95. The molecule has 0 N–H and O–H groups in total. The van der Waals surface area contributed by atoms with Gasteiger partial charge in [-0.25, -0.2) is 0 Å². The highest BCUT2D eigenvalue weighted by Gasteiger charge is 1.73. The fourth-order valence-corrected chi connectivity index (χ4v) is 0.448. The number of aromatic nitrogens is 1. The van der Waals surface area contributed by atoms with Gasteiger partial charge in [0.15, 0.2) is 0 Å². The molecule has 0 aliphatic heterocycles. The molecule has 0 unspecified atom stereocenters. The van der Waals surface area contributed by atoms with Gasteiger partial charge in [0.05, 0.1) is 0 Å². The molecular formula is C8H14IN. The molecule has 0 aliphatic rings. The van der Waals surface area contributed by atoms with Crippen molar-refractivity contribution >= 4 is 24.0 Å². The van der Waals surface area contributed by atoms with E-state index in [1.165, 1.54) is 5.56 Å². The molecule has 1 aromatic heterocycles. The van der Waals surface area contributed by atoms with Gasteiger partial charge in [-0.15, -0.1) is 24.0 Å². The first-order valence-corrected chi connectivity index (χ1v) is 3.26. The van der Waals surface area contributed by atoms with Crippen molar-refractivity contribution in [3.8, 4) is 0 Å². The van der Waals surface area contributed by atoms with Crippen LogP contribution in [0.4, 0.5) is 0 Å². The summed E-state index contributed by atoms with van der Waals surface area (Å²) >= 11 is 0. The number of hydrogen-bond acceptors (Lipinski definition) is 1. The number of pyridine rings is 1. The molecule has 58 valence electrons. The predicted octanol–water partition coefficient (Wildman–Crippen LogP) is 3.03. The Hall–Kier alpha value is -0.120. The van der Waals surface area contributed by atoms with Crippen LogP contribution in [-0.2, 0) is 0 Å². The topological polar surface area (TPSA) is 12.9 Å². The first-order chi connectivity index (χ1) is 4.39. The lowest BCUT2D eigenvalue weighted by Gasteiger charge is -1.82. The number of rotatable bonds is 0. The molecular weight excluding hydrogens is 237 g/mol. The zero-order chi connectivity index (χ0) is 7.11. The second-order valence-electron chi connectivity index (χ2n) is 1.53. The third kappa shape index (κ3) is 6.01. The van der Waals surface area contributed by atoms with Gasteiger partial charge in [0.2, 0.25) is 0 Å². The molecule has 0 saturated heterocycles. The van der Waals surface area contributed by atoms with Gasteiger partial charge in [-0.3, -0.25) is 4.98 Å². The minimum absolute atomic E-state index is 0. The summed E-state index contributed by atoms with van der Waals surface area (Å²) in [5.74, 6) is 0. The maximum absolute atomic E-state index is 3.88. The fraction of sp³-hybridized carbons (Fsp3) is 0.375. The maximum atomic E-state index is 3.88. The highest BCUT2D eigenvalue weighted by molar-refractivity contribution is 14.0. The summed E-state index contributed by atoms with van der Waals surface area (Å²) in [6.07, 6.45) is 3.60. The van der Waals surface area contributed by atoms with Gasteiger partial charge in [0.25, 0.3) is 0 Å². The van der Waals surface area contributed by atoms with Gasteiger partial charge in [-0.2, -0.15) is 0 Å². The number of hydrogen-bond donors (Lipinski definition) is 0. The van der Waals surface area contributed by atoms with Crippen LogP contribution < -0.4 is 0 Å². The van der Waals surface area contributed by atoms with Crippen molar-refractivity contribution in [2.75, 3.05) is 0 Å². The number of aryl methyl sites for hydroxylation is 1. The molecule has 2 heteroatoms. The van der Waals surface area contributed by atoms with Crippen LogP contribution in [0.3, 0.4) is 0 Å². The average molecular weight is 251 g/mol. The van der Waals surface area contributed by atoms with Gasteiger partial charge >= 0.3 is 0 Å². The third-order valence-electron chi connectivity index (χ3n) is 0.809. The summed E-state index contributed by atoms with van der Waals surface area (Å²) < 4.78 is 0. The van der Waals surface area contributed by atoms with Crippen LogP contribution in [0.25, 0.3) is 0 Å². The largest absolute Gasteiger partial charge is 0.264 e. The maximum Gasteiger partial charge on any atom is 0.0297 e. The molecule has 0 fully saturated rings. The van der Waals surface area contributed by atoms with Crippen LogP contribution in [0.15, 0.2) is 24.5 Å². The number of nitrogens with zero attached hydrogens (tertiary/aromatic N) is 1. The smallest absolute Gasteiger partial charge is 0.0297 e. The van der Waals surface area contributed by atoms with Crippen LogP contribution in [-0.4, -0.2) is 4.98 Å². The molecule has 10 heavy (non-hydrogen) atoms. The van der Waals surface area contributed by atoms with Crippen molar-refractivity contribution in [1.82, 2.24) is 4.98 Å². The SMILES string of the molecule is CC.Cc1cccnc1.I.